The van der Waals surface area contributed by atoms with Crippen molar-refractivity contribution in [3.05, 3.63) is 101 Å². The fourth-order valence-electron chi connectivity index (χ4n) is 7.13. The first kappa shape index (κ1) is 30.7. The molecule has 0 radical (unpaired) electrons. The highest BCUT2D eigenvalue weighted by atomic mass is 16.2. The maximum absolute atomic E-state index is 14.1. The van der Waals surface area contributed by atoms with Gasteiger partial charge in [0.15, 0.2) is 0 Å². The lowest BCUT2D eigenvalue weighted by molar-refractivity contribution is -0.124. The van der Waals surface area contributed by atoms with Crippen molar-refractivity contribution < 1.29 is 4.79 Å². The van der Waals surface area contributed by atoms with Crippen molar-refractivity contribution in [3.8, 4) is 0 Å². The number of amides is 1. The first-order valence-corrected chi connectivity index (χ1v) is 16.3. The van der Waals surface area contributed by atoms with Gasteiger partial charge in [0.05, 0.1) is 22.8 Å². The third-order valence-electron chi connectivity index (χ3n) is 9.91. The summed E-state index contributed by atoms with van der Waals surface area (Å²) in [6.45, 7) is 9.08. The highest BCUT2D eigenvalue weighted by molar-refractivity contribution is 5.96. The zero-order valence-electron chi connectivity index (χ0n) is 27.3. The van der Waals surface area contributed by atoms with Gasteiger partial charge in [-0.2, -0.15) is 0 Å². The molecule has 3 aromatic heterocycles. The molecule has 2 aromatic carbocycles. The van der Waals surface area contributed by atoms with Gasteiger partial charge in [-0.05, 0) is 65.8 Å². The van der Waals surface area contributed by atoms with Crippen molar-refractivity contribution in [3.63, 3.8) is 0 Å². The summed E-state index contributed by atoms with van der Waals surface area (Å²) >= 11 is 0. The molecular weight excluding hydrogens is 558 g/mol. The van der Waals surface area contributed by atoms with E-state index < -0.39 is 5.41 Å². The summed E-state index contributed by atoms with van der Waals surface area (Å²) in [5.74, 6) is 1.57. The van der Waals surface area contributed by atoms with E-state index in [0.29, 0.717) is 11.6 Å². The Morgan fingerprint density at radius 1 is 1.04 bits per heavy atom. The second-order valence-corrected chi connectivity index (χ2v) is 13.4. The minimum absolute atomic E-state index is 0.0680. The zero-order valence-corrected chi connectivity index (χ0v) is 27.3. The molecule has 1 aliphatic carbocycles. The van der Waals surface area contributed by atoms with Gasteiger partial charge in [-0.1, -0.05) is 81.9 Å². The lowest BCUT2D eigenvalue weighted by Gasteiger charge is -2.35. The summed E-state index contributed by atoms with van der Waals surface area (Å²) in [5.41, 5.74) is 7.36. The van der Waals surface area contributed by atoms with Gasteiger partial charge in [0.25, 0.3) is 0 Å². The minimum atomic E-state index is -0.817. The number of pyridine rings is 1. The topological polar surface area (TPSA) is 90.5 Å². The smallest absolute Gasteiger partial charge is 0.231 e. The average molecular weight is 604 g/mol. The van der Waals surface area contributed by atoms with Crippen LogP contribution in [0.4, 0.5) is 5.69 Å². The molecule has 0 saturated heterocycles. The van der Waals surface area contributed by atoms with Crippen molar-refractivity contribution in [1.82, 2.24) is 29.5 Å². The van der Waals surface area contributed by atoms with Crippen LogP contribution >= 0.6 is 0 Å². The highest BCUT2D eigenvalue weighted by Crippen LogP contribution is 2.44. The number of nitrogens with one attached hydrogen (secondary N) is 1. The largest absolute Gasteiger partial charge is 0.330 e. The van der Waals surface area contributed by atoms with Crippen molar-refractivity contribution in [2.75, 3.05) is 5.32 Å². The fourth-order valence-corrected chi connectivity index (χ4v) is 7.13. The Morgan fingerprint density at radius 2 is 1.84 bits per heavy atom. The van der Waals surface area contributed by atoms with E-state index in [1.54, 1.807) is 17.1 Å². The molecule has 0 spiro atoms. The van der Waals surface area contributed by atoms with Gasteiger partial charge in [-0.25, -0.2) is 9.67 Å². The van der Waals surface area contributed by atoms with E-state index in [1.807, 2.05) is 39.2 Å². The van der Waals surface area contributed by atoms with E-state index in [0.717, 1.165) is 40.7 Å². The number of anilines is 1. The van der Waals surface area contributed by atoms with Gasteiger partial charge < -0.3 is 9.88 Å². The average Bonchev–Trinajstić information content (AvgIpc) is 3.53. The van der Waals surface area contributed by atoms with Crippen LogP contribution in [0.25, 0.3) is 11.0 Å². The van der Waals surface area contributed by atoms with Crippen LogP contribution in [0.5, 0.6) is 0 Å². The normalized spacial score (nSPS) is 15.2. The number of aryl methyl sites for hydroxylation is 3. The molecule has 8 nitrogen and oxygen atoms in total. The van der Waals surface area contributed by atoms with Gasteiger partial charge in [-0.3, -0.25) is 9.78 Å². The van der Waals surface area contributed by atoms with Crippen LogP contribution in [0.15, 0.2) is 67.3 Å². The van der Waals surface area contributed by atoms with E-state index in [-0.39, 0.29) is 11.8 Å². The van der Waals surface area contributed by atoms with Gasteiger partial charge >= 0.3 is 0 Å². The first-order valence-electron chi connectivity index (χ1n) is 16.3. The molecule has 6 rings (SSSR count). The standard InChI is InChI=1S/C37H45N7O/c1-25-14-15-28(22-29(25)24-44-20-19-39-33(44)21-27-11-8-6-7-9-12-27)34(31-16-17-32-35(26(31)2)41-42-43(32)5)37(3,4)36(45)40-30-13-10-18-38-23-30/h10,13-20,22-23,27,34H,6-9,11-12,21,24H2,1-5H3,(H,40,45)/t34-/m0/s1. The molecule has 1 aliphatic rings. The molecule has 1 atom stereocenters. The Labute approximate surface area is 266 Å². The van der Waals surface area contributed by atoms with Gasteiger partial charge in [0, 0.05) is 44.5 Å². The van der Waals surface area contributed by atoms with Crippen LogP contribution in [0, 0.1) is 25.2 Å². The van der Waals surface area contributed by atoms with Crippen LogP contribution < -0.4 is 5.32 Å². The van der Waals surface area contributed by atoms with Crippen molar-refractivity contribution in [1.29, 1.82) is 0 Å². The summed E-state index contributed by atoms with van der Waals surface area (Å²) < 4.78 is 4.12. The third-order valence-corrected chi connectivity index (χ3v) is 9.91. The number of imidazole rings is 1. The van der Waals surface area contributed by atoms with Crippen LogP contribution in [0.2, 0.25) is 0 Å². The number of hydrogen-bond acceptors (Lipinski definition) is 5. The maximum Gasteiger partial charge on any atom is 0.231 e. The molecule has 0 unspecified atom stereocenters. The number of nitrogens with zero attached hydrogens (tertiary/aromatic N) is 6. The van der Waals surface area contributed by atoms with E-state index in [1.165, 1.54) is 55.5 Å². The predicted octanol–water partition coefficient (Wildman–Crippen LogP) is 7.53. The monoisotopic (exact) mass is 603 g/mol. The summed E-state index contributed by atoms with van der Waals surface area (Å²) in [7, 11) is 1.91. The summed E-state index contributed by atoms with van der Waals surface area (Å²) in [6, 6.07) is 14.6. The van der Waals surface area contributed by atoms with Gasteiger partial charge in [-0.15, -0.1) is 5.10 Å². The third kappa shape index (κ3) is 6.42. The fraction of sp³-hybridized carbons (Fsp3) is 0.432. The van der Waals surface area contributed by atoms with Crippen molar-refractivity contribution >= 4 is 22.6 Å². The molecule has 1 saturated carbocycles. The molecular formula is C37H45N7O. The molecule has 8 heteroatoms. The molecule has 1 amide bonds. The molecule has 0 bridgehead atoms. The minimum Gasteiger partial charge on any atom is -0.330 e. The van der Waals surface area contributed by atoms with Crippen molar-refractivity contribution in [2.45, 2.75) is 85.1 Å². The number of carbonyl (C=O) groups is 1. The molecule has 1 fully saturated rings. The Morgan fingerprint density at radius 3 is 2.60 bits per heavy atom. The van der Waals surface area contributed by atoms with E-state index in [9.17, 15) is 4.79 Å². The number of aromatic nitrogens is 6. The van der Waals surface area contributed by atoms with Gasteiger partial charge in [0.1, 0.15) is 11.3 Å². The SMILES string of the molecule is Cc1ccc([C@@H](c2ccc3c(nnn3C)c2C)C(C)(C)C(=O)Nc2cccnc2)cc1Cn1ccnc1CC1CCCCCC1. The van der Waals surface area contributed by atoms with E-state index in [2.05, 4.69) is 75.6 Å². The summed E-state index contributed by atoms with van der Waals surface area (Å²) in [5, 5.41) is 11.9. The van der Waals surface area contributed by atoms with E-state index in [4.69, 9.17) is 4.98 Å². The quantitative estimate of drug-likeness (QED) is 0.176. The van der Waals surface area contributed by atoms with Crippen LogP contribution in [0.3, 0.4) is 0 Å². The highest BCUT2D eigenvalue weighted by Gasteiger charge is 2.40. The molecule has 1 N–H and O–H groups in total. The first-order chi connectivity index (χ1) is 21.7. The second kappa shape index (κ2) is 13.0. The molecule has 45 heavy (non-hydrogen) atoms. The molecule has 5 aromatic rings. The van der Waals surface area contributed by atoms with E-state index >= 15 is 0 Å². The van der Waals surface area contributed by atoms with Crippen LogP contribution in [-0.4, -0.2) is 35.4 Å². The van der Waals surface area contributed by atoms with Crippen molar-refractivity contribution in [2.24, 2.45) is 18.4 Å². The number of carbonyl (C=O) groups excluding carboxylic acids is 1. The molecule has 234 valence electrons. The Hall–Kier alpha value is -4.33. The molecule has 3 heterocycles. The second-order valence-electron chi connectivity index (χ2n) is 13.4. The Balaban J connectivity index is 1.38. The van der Waals surface area contributed by atoms with Crippen LogP contribution in [0.1, 0.15) is 91.9 Å². The predicted molar refractivity (Wildman–Crippen MR) is 179 cm³/mol. The van der Waals surface area contributed by atoms with Crippen LogP contribution in [-0.2, 0) is 24.8 Å². The number of fused-ring (bicyclic) bond motifs is 1. The summed E-state index contributed by atoms with van der Waals surface area (Å²) in [6.07, 6.45) is 16.5. The number of hydrogen-bond donors (Lipinski definition) is 1. The maximum atomic E-state index is 14.1. The summed E-state index contributed by atoms with van der Waals surface area (Å²) in [4.78, 5) is 23.1. The number of rotatable bonds is 9. The Kier molecular flexibility index (Phi) is 8.83. The molecule has 0 aliphatic heterocycles. The lowest BCUT2D eigenvalue weighted by atomic mass is 9.69. The lowest BCUT2D eigenvalue weighted by Crippen LogP contribution is -2.37. The number of benzene rings is 2. The Bertz CT molecular complexity index is 1780. The zero-order chi connectivity index (χ0) is 31.6. The van der Waals surface area contributed by atoms with Gasteiger partial charge in [0.2, 0.25) is 5.91 Å².